The highest BCUT2D eigenvalue weighted by molar-refractivity contribution is 5.73. The molecule has 0 aromatic heterocycles. The van der Waals surface area contributed by atoms with Crippen LogP contribution in [0.3, 0.4) is 0 Å². The Morgan fingerprint density at radius 3 is 2.14 bits per heavy atom. The molecule has 21 heavy (non-hydrogen) atoms. The molecule has 2 amide bonds. The first-order chi connectivity index (χ1) is 9.97. The second-order valence-electron chi connectivity index (χ2n) is 6.02. The SMILES string of the molecule is CN(C)C(=O)N1CCC(Nc2ccc(N(C)C)cc2)CC1. The van der Waals surface area contributed by atoms with Crippen LogP contribution in [0.15, 0.2) is 24.3 Å². The maximum absolute atomic E-state index is 11.9. The number of rotatable bonds is 3. The second kappa shape index (κ2) is 6.70. The number of amides is 2. The fourth-order valence-corrected chi connectivity index (χ4v) is 2.59. The number of urea groups is 1. The highest BCUT2D eigenvalue weighted by atomic mass is 16.2. The quantitative estimate of drug-likeness (QED) is 0.928. The molecule has 1 aliphatic rings. The third kappa shape index (κ3) is 4.03. The van der Waals surface area contributed by atoms with E-state index in [9.17, 15) is 4.79 Å². The third-order valence-electron chi connectivity index (χ3n) is 3.90. The molecule has 0 atom stereocenters. The number of carbonyl (C=O) groups is 1. The van der Waals surface area contributed by atoms with Crippen molar-refractivity contribution in [3.63, 3.8) is 0 Å². The van der Waals surface area contributed by atoms with Gasteiger partial charge in [0.15, 0.2) is 0 Å². The number of hydrogen-bond acceptors (Lipinski definition) is 3. The zero-order valence-corrected chi connectivity index (χ0v) is 13.5. The van der Waals surface area contributed by atoms with Gasteiger partial charge in [-0.15, -0.1) is 0 Å². The number of nitrogens with one attached hydrogen (secondary N) is 1. The highest BCUT2D eigenvalue weighted by Crippen LogP contribution is 2.20. The van der Waals surface area contributed by atoms with Gasteiger partial charge in [0.2, 0.25) is 0 Å². The number of likely N-dealkylation sites (tertiary alicyclic amines) is 1. The Labute approximate surface area is 127 Å². The minimum Gasteiger partial charge on any atom is -0.382 e. The second-order valence-corrected chi connectivity index (χ2v) is 6.02. The van der Waals surface area contributed by atoms with Gasteiger partial charge in [-0.05, 0) is 37.1 Å². The summed E-state index contributed by atoms with van der Waals surface area (Å²) in [6, 6.07) is 9.03. The van der Waals surface area contributed by atoms with Crippen LogP contribution in [0, 0.1) is 0 Å². The van der Waals surface area contributed by atoms with E-state index in [1.54, 1.807) is 19.0 Å². The van der Waals surface area contributed by atoms with Crippen LogP contribution in [-0.2, 0) is 0 Å². The molecular formula is C16H26N4O. The largest absolute Gasteiger partial charge is 0.382 e. The lowest BCUT2D eigenvalue weighted by Crippen LogP contribution is -2.46. The van der Waals surface area contributed by atoms with Crippen molar-refractivity contribution >= 4 is 17.4 Å². The molecule has 0 radical (unpaired) electrons. The standard InChI is InChI=1S/C16H26N4O/c1-18(2)15-7-5-13(6-8-15)17-14-9-11-20(12-10-14)16(21)19(3)4/h5-8,14,17H,9-12H2,1-4H3. The predicted octanol–water partition coefficient (Wildman–Crippen LogP) is 2.31. The molecule has 0 saturated carbocycles. The van der Waals surface area contributed by atoms with E-state index in [0.717, 1.165) is 31.6 Å². The first-order valence-corrected chi connectivity index (χ1v) is 7.47. The average molecular weight is 290 g/mol. The number of piperidine rings is 1. The van der Waals surface area contributed by atoms with Crippen molar-refractivity contribution < 1.29 is 4.79 Å². The number of anilines is 2. The maximum atomic E-state index is 11.9. The lowest BCUT2D eigenvalue weighted by Gasteiger charge is -2.34. The van der Waals surface area contributed by atoms with Gasteiger partial charge >= 0.3 is 6.03 Å². The summed E-state index contributed by atoms with van der Waals surface area (Å²) in [6.45, 7) is 1.65. The topological polar surface area (TPSA) is 38.8 Å². The van der Waals surface area contributed by atoms with E-state index < -0.39 is 0 Å². The summed E-state index contributed by atoms with van der Waals surface area (Å²) in [7, 11) is 7.69. The van der Waals surface area contributed by atoms with E-state index in [-0.39, 0.29) is 6.03 Å². The molecule has 0 spiro atoms. The molecule has 0 aliphatic carbocycles. The van der Waals surface area contributed by atoms with Crippen molar-refractivity contribution in [2.24, 2.45) is 0 Å². The minimum absolute atomic E-state index is 0.115. The summed E-state index contributed by atoms with van der Waals surface area (Å²) in [6.07, 6.45) is 1.99. The number of carbonyl (C=O) groups excluding carboxylic acids is 1. The van der Waals surface area contributed by atoms with Crippen LogP contribution < -0.4 is 10.2 Å². The van der Waals surface area contributed by atoms with Crippen molar-refractivity contribution in [2.75, 3.05) is 51.5 Å². The molecule has 1 aromatic carbocycles. The van der Waals surface area contributed by atoms with Crippen LogP contribution in [-0.4, -0.2) is 63.2 Å². The normalized spacial score (nSPS) is 15.7. The highest BCUT2D eigenvalue weighted by Gasteiger charge is 2.23. The molecule has 0 bridgehead atoms. The fourth-order valence-electron chi connectivity index (χ4n) is 2.59. The molecule has 0 unspecified atom stereocenters. The number of hydrogen-bond donors (Lipinski definition) is 1. The summed E-state index contributed by atoms with van der Waals surface area (Å²) in [5.41, 5.74) is 2.35. The average Bonchev–Trinajstić information content (AvgIpc) is 2.47. The molecule has 1 aliphatic heterocycles. The van der Waals surface area contributed by atoms with Gasteiger partial charge in [0, 0.05) is 58.7 Å². The lowest BCUT2D eigenvalue weighted by molar-refractivity contribution is 0.158. The molecule has 1 fully saturated rings. The van der Waals surface area contributed by atoms with Crippen molar-refractivity contribution in [3.8, 4) is 0 Å². The Hall–Kier alpha value is -1.91. The molecular weight excluding hydrogens is 264 g/mol. The summed E-state index contributed by atoms with van der Waals surface area (Å²) in [4.78, 5) is 17.6. The van der Waals surface area contributed by atoms with E-state index in [1.807, 2.05) is 19.0 Å². The van der Waals surface area contributed by atoms with Crippen molar-refractivity contribution in [2.45, 2.75) is 18.9 Å². The Balaban J connectivity index is 1.84. The molecule has 116 valence electrons. The van der Waals surface area contributed by atoms with Crippen molar-refractivity contribution in [1.82, 2.24) is 9.80 Å². The van der Waals surface area contributed by atoms with Gasteiger partial charge in [0.1, 0.15) is 0 Å². The van der Waals surface area contributed by atoms with Gasteiger partial charge in [0.05, 0.1) is 0 Å². The molecule has 1 saturated heterocycles. The van der Waals surface area contributed by atoms with Gasteiger partial charge < -0.3 is 20.0 Å². The third-order valence-corrected chi connectivity index (χ3v) is 3.90. The van der Waals surface area contributed by atoms with E-state index in [4.69, 9.17) is 0 Å². The van der Waals surface area contributed by atoms with Gasteiger partial charge in [-0.1, -0.05) is 0 Å². The fraction of sp³-hybridized carbons (Fsp3) is 0.562. The Bertz CT molecular complexity index is 462. The van der Waals surface area contributed by atoms with Gasteiger partial charge in [0.25, 0.3) is 0 Å². The minimum atomic E-state index is 0.115. The van der Waals surface area contributed by atoms with Crippen LogP contribution >= 0.6 is 0 Å². The van der Waals surface area contributed by atoms with E-state index >= 15 is 0 Å². The van der Waals surface area contributed by atoms with Gasteiger partial charge in [-0.3, -0.25) is 0 Å². The van der Waals surface area contributed by atoms with Crippen LogP contribution in [0.25, 0.3) is 0 Å². The Kier molecular flexibility index (Phi) is 4.94. The zero-order chi connectivity index (χ0) is 15.4. The van der Waals surface area contributed by atoms with Crippen LogP contribution in [0.2, 0.25) is 0 Å². The summed E-state index contributed by atoms with van der Waals surface area (Å²) >= 11 is 0. The maximum Gasteiger partial charge on any atom is 0.319 e. The van der Waals surface area contributed by atoms with Gasteiger partial charge in [-0.2, -0.15) is 0 Å². The van der Waals surface area contributed by atoms with Crippen LogP contribution in [0.4, 0.5) is 16.2 Å². The van der Waals surface area contributed by atoms with Crippen LogP contribution in [0.1, 0.15) is 12.8 Å². The molecule has 1 aromatic rings. The summed E-state index contributed by atoms with van der Waals surface area (Å²) in [5, 5.41) is 3.57. The van der Waals surface area contributed by atoms with Crippen LogP contribution in [0.5, 0.6) is 0 Å². The van der Waals surface area contributed by atoms with E-state index in [2.05, 4.69) is 34.5 Å². The number of nitrogens with zero attached hydrogens (tertiary/aromatic N) is 3. The molecule has 1 N–H and O–H groups in total. The zero-order valence-electron chi connectivity index (χ0n) is 13.5. The van der Waals surface area contributed by atoms with Crippen molar-refractivity contribution in [1.29, 1.82) is 0 Å². The molecule has 2 rings (SSSR count). The smallest absolute Gasteiger partial charge is 0.319 e. The first kappa shape index (κ1) is 15.5. The Morgan fingerprint density at radius 1 is 1.10 bits per heavy atom. The molecule has 1 heterocycles. The van der Waals surface area contributed by atoms with Crippen molar-refractivity contribution in [3.05, 3.63) is 24.3 Å². The first-order valence-electron chi connectivity index (χ1n) is 7.47. The van der Waals surface area contributed by atoms with E-state index in [0.29, 0.717) is 6.04 Å². The molecule has 5 nitrogen and oxygen atoms in total. The summed E-state index contributed by atoms with van der Waals surface area (Å²) in [5.74, 6) is 0. The molecule has 5 heteroatoms. The monoisotopic (exact) mass is 290 g/mol. The van der Waals surface area contributed by atoms with Gasteiger partial charge in [-0.25, -0.2) is 4.79 Å². The summed E-state index contributed by atoms with van der Waals surface area (Å²) < 4.78 is 0. The predicted molar refractivity (Wildman–Crippen MR) is 88.1 cm³/mol. The van der Waals surface area contributed by atoms with E-state index in [1.165, 1.54) is 5.69 Å². The number of benzene rings is 1. The Morgan fingerprint density at radius 2 is 1.67 bits per heavy atom. The lowest BCUT2D eigenvalue weighted by atomic mass is 10.0.